The third-order valence-electron chi connectivity index (χ3n) is 4.75. The second kappa shape index (κ2) is 6.64. The summed E-state index contributed by atoms with van der Waals surface area (Å²) in [5.74, 6) is 0.898. The molecule has 132 valence electrons. The van der Waals surface area contributed by atoms with Gasteiger partial charge in [0.05, 0.1) is 18.0 Å². The quantitative estimate of drug-likeness (QED) is 0.682. The molecule has 0 aromatic carbocycles. The monoisotopic (exact) mass is 349 g/mol. The highest BCUT2D eigenvalue weighted by Gasteiger charge is 2.26. The molecule has 1 saturated carbocycles. The molecule has 0 saturated heterocycles. The van der Waals surface area contributed by atoms with Crippen LogP contribution in [0, 0.1) is 11.3 Å². The molecule has 3 heterocycles. The maximum absolute atomic E-state index is 12.7. The second-order valence-corrected chi connectivity index (χ2v) is 6.51. The topological polar surface area (TPSA) is 85.7 Å². The summed E-state index contributed by atoms with van der Waals surface area (Å²) in [6.07, 6.45) is 6.88. The number of pyridine rings is 2. The van der Waals surface area contributed by atoms with Gasteiger partial charge in [0.2, 0.25) is 5.88 Å². The van der Waals surface area contributed by atoms with Crippen molar-refractivity contribution in [3.05, 3.63) is 52.2 Å². The first-order valence-electron chi connectivity index (χ1n) is 8.71. The second-order valence-electron chi connectivity index (χ2n) is 6.51. The van der Waals surface area contributed by atoms with E-state index < -0.39 is 0 Å². The maximum atomic E-state index is 12.7. The average Bonchev–Trinajstić information content (AvgIpc) is 3.41. The molecule has 0 atom stereocenters. The highest BCUT2D eigenvalue weighted by molar-refractivity contribution is 5.79. The highest BCUT2D eigenvalue weighted by Crippen LogP contribution is 2.39. The zero-order valence-electron chi connectivity index (χ0n) is 14.6. The van der Waals surface area contributed by atoms with Crippen LogP contribution in [0.2, 0.25) is 0 Å². The fourth-order valence-corrected chi connectivity index (χ4v) is 3.25. The van der Waals surface area contributed by atoms with E-state index >= 15 is 0 Å². The van der Waals surface area contributed by atoms with Crippen LogP contribution in [0.15, 0.2) is 35.4 Å². The molecule has 3 aromatic heterocycles. The first kappa shape index (κ1) is 16.3. The molecule has 7 heteroatoms. The number of methoxy groups -OCH3 is 1. The van der Waals surface area contributed by atoms with Gasteiger partial charge in [0.25, 0.3) is 5.56 Å². The van der Waals surface area contributed by atoms with Gasteiger partial charge in [-0.1, -0.05) is 0 Å². The standard InChI is InChI=1S/C19H19N5O2/c1-26-18-14(12-20)11-15-16(22-18)6-10-23(19(15)25)8-2-9-24-17(5-7-21-24)13-3-4-13/h5-7,10-11,13H,2-4,8-9H2,1H3. The van der Waals surface area contributed by atoms with Crippen LogP contribution in [0.3, 0.4) is 0 Å². The summed E-state index contributed by atoms with van der Waals surface area (Å²) in [7, 11) is 1.46. The van der Waals surface area contributed by atoms with Gasteiger partial charge in [0, 0.05) is 37.1 Å². The average molecular weight is 349 g/mol. The lowest BCUT2D eigenvalue weighted by molar-refractivity contribution is 0.398. The zero-order chi connectivity index (χ0) is 18.1. The van der Waals surface area contributed by atoms with E-state index in [2.05, 4.69) is 16.1 Å². The van der Waals surface area contributed by atoms with Crippen LogP contribution in [-0.2, 0) is 13.1 Å². The summed E-state index contributed by atoms with van der Waals surface area (Å²) in [6, 6.07) is 7.44. The molecule has 3 aromatic rings. The Bertz CT molecular complexity index is 1060. The van der Waals surface area contributed by atoms with Crippen molar-refractivity contribution in [2.45, 2.75) is 38.3 Å². The Morgan fingerprint density at radius 1 is 1.35 bits per heavy atom. The summed E-state index contributed by atoms with van der Waals surface area (Å²) >= 11 is 0. The molecule has 26 heavy (non-hydrogen) atoms. The van der Waals surface area contributed by atoms with Crippen molar-refractivity contribution in [2.75, 3.05) is 7.11 Å². The predicted octanol–water partition coefficient (Wildman–Crippen LogP) is 2.44. The Balaban J connectivity index is 1.55. The van der Waals surface area contributed by atoms with Gasteiger partial charge >= 0.3 is 0 Å². The van der Waals surface area contributed by atoms with Gasteiger partial charge < -0.3 is 9.30 Å². The minimum Gasteiger partial charge on any atom is -0.480 e. The van der Waals surface area contributed by atoms with Crippen LogP contribution in [-0.4, -0.2) is 26.4 Å². The largest absolute Gasteiger partial charge is 0.480 e. The molecular weight excluding hydrogens is 330 g/mol. The van der Waals surface area contributed by atoms with Crippen molar-refractivity contribution in [1.82, 2.24) is 19.3 Å². The SMILES string of the molecule is COc1nc2ccn(CCCn3nccc3C3CC3)c(=O)c2cc1C#N. The molecule has 0 bridgehead atoms. The van der Waals surface area contributed by atoms with Crippen LogP contribution in [0.4, 0.5) is 0 Å². The summed E-state index contributed by atoms with van der Waals surface area (Å²) in [6.45, 7) is 1.38. The summed E-state index contributed by atoms with van der Waals surface area (Å²) in [4.78, 5) is 17.0. The fraction of sp³-hybridized carbons (Fsp3) is 0.368. The Morgan fingerprint density at radius 2 is 2.19 bits per heavy atom. The number of nitriles is 1. The van der Waals surface area contributed by atoms with Crippen molar-refractivity contribution >= 4 is 10.9 Å². The molecule has 1 fully saturated rings. The van der Waals surface area contributed by atoms with Gasteiger partial charge in [-0.05, 0) is 37.5 Å². The van der Waals surface area contributed by atoms with Crippen LogP contribution in [0.1, 0.15) is 36.4 Å². The van der Waals surface area contributed by atoms with E-state index in [1.54, 1.807) is 22.9 Å². The molecule has 4 rings (SSSR count). The van der Waals surface area contributed by atoms with Crippen LogP contribution < -0.4 is 10.3 Å². The molecule has 0 amide bonds. The van der Waals surface area contributed by atoms with Crippen molar-refractivity contribution in [1.29, 1.82) is 5.26 Å². The number of nitrogens with zero attached hydrogens (tertiary/aromatic N) is 5. The Morgan fingerprint density at radius 3 is 2.92 bits per heavy atom. The molecule has 0 spiro atoms. The summed E-state index contributed by atoms with van der Waals surface area (Å²) in [5, 5.41) is 14.0. The fourth-order valence-electron chi connectivity index (χ4n) is 3.25. The first-order chi connectivity index (χ1) is 12.7. The molecule has 0 aliphatic heterocycles. The number of aromatic nitrogens is 4. The summed E-state index contributed by atoms with van der Waals surface area (Å²) < 4.78 is 8.81. The smallest absolute Gasteiger partial charge is 0.260 e. The molecule has 1 aliphatic carbocycles. The number of hydrogen-bond donors (Lipinski definition) is 0. The van der Waals surface area contributed by atoms with E-state index in [1.165, 1.54) is 25.6 Å². The van der Waals surface area contributed by atoms with Gasteiger partial charge in [0.1, 0.15) is 11.6 Å². The molecule has 0 N–H and O–H groups in total. The highest BCUT2D eigenvalue weighted by atomic mass is 16.5. The van der Waals surface area contributed by atoms with E-state index in [0.29, 0.717) is 23.4 Å². The van der Waals surface area contributed by atoms with E-state index in [0.717, 1.165) is 13.0 Å². The lowest BCUT2D eigenvalue weighted by Crippen LogP contribution is -2.21. The van der Waals surface area contributed by atoms with Crippen LogP contribution >= 0.6 is 0 Å². The number of rotatable bonds is 6. The van der Waals surface area contributed by atoms with E-state index in [9.17, 15) is 10.1 Å². The number of aryl methyl sites for hydroxylation is 2. The van der Waals surface area contributed by atoms with E-state index in [1.807, 2.05) is 16.9 Å². The van der Waals surface area contributed by atoms with E-state index in [4.69, 9.17) is 4.74 Å². The predicted molar refractivity (Wildman–Crippen MR) is 96.1 cm³/mol. The lowest BCUT2D eigenvalue weighted by Gasteiger charge is -2.10. The molecule has 7 nitrogen and oxygen atoms in total. The Hall–Kier alpha value is -3.14. The Kier molecular flexibility index (Phi) is 4.17. The third-order valence-corrected chi connectivity index (χ3v) is 4.75. The van der Waals surface area contributed by atoms with Crippen molar-refractivity contribution < 1.29 is 4.74 Å². The van der Waals surface area contributed by atoms with Gasteiger partial charge in [-0.25, -0.2) is 4.98 Å². The van der Waals surface area contributed by atoms with Crippen molar-refractivity contribution in [3.63, 3.8) is 0 Å². The van der Waals surface area contributed by atoms with Crippen LogP contribution in [0.25, 0.3) is 10.9 Å². The van der Waals surface area contributed by atoms with Gasteiger partial charge in [-0.2, -0.15) is 10.4 Å². The van der Waals surface area contributed by atoms with E-state index in [-0.39, 0.29) is 17.0 Å². The molecule has 0 unspecified atom stereocenters. The molecule has 0 radical (unpaired) electrons. The van der Waals surface area contributed by atoms with Gasteiger partial charge in [0.15, 0.2) is 0 Å². The number of fused-ring (bicyclic) bond motifs is 1. The summed E-state index contributed by atoms with van der Waals surface area (Å²) in [5.41, 5.74) is 1.95. The number of ether oxygens (including phenoxy) is 1. The maximum Gasteiger partial charge on any atom is 0.260 e. The normalized spacial score (nSPS) is 13.7. The van der Waals surface area contributed by atoms with Crippen molar-refractivity contribution in [3.8, 4) is 11.9 Å². The molecule has 1 aliphatic rings. The molecular formula is C19H19N5O2. The Labute approximate surface area is 150 Å². The minimum atomic E-state index is -0.142. The first-order valence-corrected chi connectivity index (χ1v) is 8.71. The third kappa shape index (κ3) is 2.94. The van der Waals surface area contributed by atoms with Crippen LogP contribution in [0.5, 0.6) is 5.88 Å². The van der Waals surface area contributed by atoms with Gasteiger partial charge in [-0.15, -0.1) is 0 Å². The minimum absolute atomic E-state index is 0.142. The van der Waals surface area contributed by atoms with Crippen molar-refractivity contribution in [2.24, 2.45) is 0 Å². The van der Waals surface area contributed by atoms with Gasteiger partial charge in [-0.3, -0.25) is 9.48 Å². The zero-order valence-corrected chi connectivity index (χ0v) is 14.6. The number of hydrogen-bond acceptors (Lipinski definition) is 5. The lowest BCUT2D eigenvalue weighted by atomic mass is 10.2.